The summed E-state index contributed by atoms with van der Waals surface area (Å²) in [6.45, 7) is 6.49. The third-order valence-corrected chi connectivity index (χ3v) is 3.07. The number of nitrogens with zero attached hydrogens (tertiary/aromatic N) is 4. The minimum absolute atomic E-state index is 0.249. The Kier molecular flexibility index (Phi) is 4.59. The summed E-state index contributed by atoms with van der Waals surface area (Å²) >= 11 is 0. The average Bonchev–Trinajstić information content (AvgIpc) is 2.96. The summed E-state index contributed by atoms with van der Waals surface area (Å²) in [6, 6.07) is 1.55. The van der Waals surface area contributed by atoms with Gasteiger partial charge in [-0.05, 0) is 12.8 Å². The molecule has 2 heterocycles. The highest BCUT2D eigenvalue weighted by Crippen LogP contribution is 2.12. The van der Waals surface area contributed by atoms with Gasteiger partial charge in [0.15, 0.2) is 5.82 Å². The van der Waals surface area contributed by atoms with E-state index in [1.165, 1.54) is 17.1 Å². The van der Waals surface area contributed by atoms with E-state index in [9.17, 15) is 9.59 Å². The minimum atomic E-state index is -0.994. The van der Waals surface area contributed by atoms with Gasteiger partial charge in [0.25, 0.3) is 5.91 Å². The van der Waals surface area contributed by atoms with Crippen LogP contribution in [-0.4, -0.2) is 36.5 Å². The Bertz CT molecular complexity index is 686. The molecule has 0 unspecified atom stereocenters. The fourth-order valence-electron chi connectivity index (χ4n) is 2.04. The molecule has 0 fully saturated rings. The molecule has 0 aromatic carbocycles. The van der Waals surface area contributed by atoms with Crippen molar-refractivity contribution in [2.75, 3.05) is 5.32 Å². The first-order valence-electron chi connectivity index (χ1n) is 6.96. The van der Waals surface area contributed by atoms with Crippen LogP contribution in [0.3, 0.4) is 0 Å². The summed E-state index contributed by atoms with van der Waals surface area (Å²) in [4.78, 5) is 22.8. The lowest BCUT2D eigenvalue weighted by Crippen LogP contribution is -2.15. The molecule has 2 aromatic rings. The van der Waals surface area contributed by atoms with Crippen LogP contribution in [0.2, 0.25) is 0 Å². The molecule has 0 saturated carbocycles. The fraction of sp³-hybridized carbons (Fsp3) is 0.429. The summed E-state index contributed by atoms with van der Waals surface area (Å²) in [5, 5.41) is 19.5. The molecule has 0 radical (unpaired) electrons. The Morgan fingerprint density at radius 2 is 2.14 bits per heavy atom. The van der Waals surface area contributed by atoms with Gasteiger partial charge in [0.2, 0.25) is 0 Å². The van der Waals surface area contributed by atoms with Crippen LogP contribution < -0.4 is 5.32 Å². The predicted octanol–water partition coefficient (Wildman–Crippen LogP) is 1.38. The van der Waals surface area contributed by atoms with Gasteiger partial charge in [-0.25, -0.2) is 0 Å². The number of aromatic nitrogens is 4. The zero-order valence-electron chi connectivity index (χ0n) is 12.8. The number of hydrogen-bond donors (Lipinski definition) is 2. The van der Waals surface area contributed by atoms with Crippen LogP contribution in [0.15, 0.2) is 18.5 Å². The van der Waals surface area contributed by atoms with Crippen molar-refractivity contribution in [3.63, 3.8) is 0 Å². The monoisotopic (exact) mass is 305 g/mol. The molecule has 8 nitrogen and oxygen atoms in total. The van der Waals surface area contributed by atoms with Gasteiger partial charge in [-0.15, -0.1) is 0 Å². The average molecular weight is 305 g/mol. The van der Waals surface area contributed by atoms with E-state index in [4.69, 9.17) is 5.11 Å². The van der Waals surface area contributed by atoms with Gasteiger partial charge in [0.05, 0.1) is 11.8 Å². The van der Waals surface area contributed by atoms with Crippen LogP contribution in [0.4, 0.5) is 5.82 Å². The first-order valence-corrected chi connectivity index (χ1v) is 6.96. The topological polar surface area (TPSA) is 102 Å². The van der Waals surface area contributed by atoms with E-state index in [-0.39, 0.29) is 12.5 Å². The molecule has 0 saturated heterocycles. The number of hydrogen-bond acceptors (Lipinski definition) is 4. The number of carboxylic acids is 1. The van der Waals surface area contributed by atoms with Crippen LogP contribution in [0.25, 0.3) is 0 Å². The molecule has 118 valence electrons. The molecule has 2 N–H and O–H groups in total. The Morgan fingerprint density at radius 1 is 1.41 bits per heavy atom. The van der Waals surface area contributed by atoms with Gasteiger partial charge < -0.3 is 10.4 Å². The molecule has 2 aromatic heterocycles. The number of aliphatic carboxylic acids is 1. The number of nitrogens with one attached hydrogen (secondary N) is 1. The van der Waals surface area contributed by atoms with E-state index in [0.717, 1.165) is 12.2 Å². The molecule has 22 heavy (non-hydrogen) atoms. The standard InChI is InChI=1S/C14H19N5O3/c1-9(2)7-19-10(3)11(6-15-19)14(22)16-12-4-5-18(17-12)8-13(20)21/h4-6,9H,7-8H2,1-3H3,(H,20,21)(H,16,17,22). The van der Waals surface area contributed by atoms with Crippen LogP contribution in [0.1, 0.15) is 29.9 Å². The first-order chi connectivity index (χ1) is 10.4. The van der Waals surface area contributed by atoms with E-state index in [1.807, 2.05) is 6.92 Å². The Labute approximate surface area is 127 Å². The summed E-state index contributed by atoms with van der Waals surface area (Å²) in [5.74, 6) is -0.566. The van der Waals surface area contributed by atoms with E-state index >= 15 is 0 Å². The zero-order valence-corrected chi connectivity index (χ0v) is 12.8. The summed E-state index contributed by atoms with van der Waals surface area (Å²) in [6.07, 6.45) is 3.03. The van der Waals surface area contributed by atoms with E-state index < -0.39 is 5.97 Å². The maximum atomic E-state index is 12.2. The van der Waals surface area contributed by atoms with Crippen LogP contribution in [-0.2, 0) is 17.9 Å². The molecule has 0 aliphatic heterocycles. The number of amides is 1. The second-order valence-corrected chi connectivity index (χ2v) is 5.47. The molecule has 0 spiro atoms. The smallest absolute Gasteiger partial charge is 0.325 e. The molecule has 2 rings (SSSR count). The summed E-state index contributed by atoms with van der Waals surface area (Å²) < 4.78 is 3.04. The van der Waals surface area contributed by atoms with Crippen molar-refractivity contribution in [1.29, 1.82) is 0 Å². The van der Waals surface area contributed by atoms with Gasteiger partial charge >= 0.3 is 5.97 Å². The maximum Gasteiger partial charge on any atom is 0.325 e. The fourth-order valence-corrected chi connectivity index (χ4v) is 2.04. The van der Waals surface area contributed by atoms with Crippen LogP contribution in [0, 0.1) is 12.8 Å². The highest BCUT2D eigenvalue weighted by atomic mass is 16.4. The third kappa shape index (κ3) is 3.72. The van der Waals surface area contributed by atoms with E-state index in [0.29, 0.717) is 17.3 Å². The second-order valence-electron chi connectivity index (χ2n) is 5.47. The number of anilines is 1. The SMILES string of the molecule is Cc1c(C(=O)Nc2ccn(CC(=O)O)n2)cnn1CC(C)C. The quantitative estimate of drug-likeness (QED) is 0.839. The number of carbonyl (C=O) groups excluding carboxylic acids is 1. The lowest BCUT2D eigenvalue weighted by molar-refractivity contribution is -0.137. The lowest BCUT2D eigenvalue weighted by Gasteiger charge is -2.07. The molecule has 0 aliphatic rings. The highest BCUT2D eigenvalue weighted by molar-refractivity contribution is 6.04. The molecule has 1 amide bonds. The second kappa shape index (κ2) is 6.42. The van der Waals surface area contributed by atoms with Crippen LogP contribution in [0.5, 0.6) is 0 Å². The maximum absolute atomic E-state index is 12.2. The van der Waals surface area contributed by atoms with Crippen LogP contribution >= 0.6 is 0 Å². The number of carbonyl (C=O) groups is 2. The van der Waals surface area contributed by atoms with Gasteiger partial charge in [0.1, 0.15) is 6.54 Å². The van der Waals surface area contributed by atoms with Crippen molar-refractivity contribution in [2.24, 2.45) is 5.92 Å². The van der Waals surface area contributed by atoms with E-state index in [1.54, 1.807) is 10.7 Å². The lowest BCUT2D eigenvalue weighted by atomic mass is 10.2. The molecule has 0 atom stereocenters. The Morgan fingerprint density at radius 3 is 2.77 bits per heavy atom. The van der Waals surface area contributed by atoms with Crippen molar-refractivity contribution in [1.82, 2.24) is 19.6 Å². The van der Waals surface area contributed by atoms with Gasteiger partial charge in [-0.3, -0.25) is 19.0 Å². The van der Waals surface area contributed by atoms with Crippen molar-refractivity contribution in [2.45, 2.75) is 33.9 Å². The third-order valence-electron chi connectivity index (χ3n) is 3.07. The minimum Gasteiger partial charge on any atom is -0.480 e. The summed E-state index contributed by atoms with van der Waals surface area (Å²) in [5.41, 5.74) is 1.27. The molecule has 0 bridgehead atoms. The summed E-state index contributed by atoms with van der Waals surface area (Å²) in [7, 11) is 0. The largest absolute Gasteiger partial charge is 0.480 e. The van der Waals surface area contributed by atoms with Gasteiger partial charge in [0, 0.05) is 24.5 Å². The Balaban J connectivity index is 2.07. The number of rotatable bonds is 6. The van der Waals surface area contributed by atoms with Gasteiger partial charge in [-0.2, -0.15) is 10.2 Å². The number of carboxylic acid groups (broad SMARTS) is 1. The molecular weight excluding hydrogens is 286 g/mol. The molecular formula is C14H19N5O3. The normalized spacial score (nSPS) is 10.9. The van der Waals surface area contributed by atoms with E-state index in [2.05, 4.69) is 29.4 Å². The first kappa shape index (κ1) is 15.7. The van der Waals surface area contributed by atoms with Gasteiger partial charge in [-0.1, -0.05) is 13.8 Å². The predicted molar refractivity (Wildman–Crippen MR) is 79.6 cm³/mol. The van der Waals surface area contributed by atoms with Crippen molar-refractivity contribution >= 4 is 17.7 Å². The molecule has 8 heteroatoms. The van der Waals surface area contributed by atoms with Crippen molar-refractivity contribution in [3.8, 4) is 0 Å². The Hall–Kier alpha value is -2.64. The van der Waals surface area contributed by atoms with Crippen molar-refractivity contribution < 1.29 is 14.7 Å². The zero-order chi connectivity index (χ0) is 16.3. The van der Waals surface area contributed by atoms with Crippen molar-refractivity contribution in [3.05, 3.63) is 29.7 Å². The molecule has 0 aliphatic carbocycles. The highest BCUT2D eigenvalue weighted by Gasteiger charge is 2.16.